The van der Waals surface area contributed by atoms with Crippen molar-refractivity contribution < 1.29 is 0 Å². The molecule has 0 aliphatic rings. The number of rotatable bonds is 11. The molecule has 61 heavy (non-hydrogen) atoms. The molecule has 0 saturated carbocycles. The van der Waals surface area contributed by atoms with E-state index >= 15 is 0 Å². The molecule has 0 saturated heterocycles. The van der Waals surface area contributed by atoms with Gasteiger partial charge in [0.05, 0.1) is 39.9 Å². The molecule has 0 unspecified atom stereocenters. The maximum absolute atomic E-state index is 5.21. The minimum atomic E-state index is 0.791. The summed E-state index contributed by atoms with van der Waals surface area (Å²) >= 11 is 0. The highest BCUT2D eigenvalue weighted by atomic mass is 15.1. The Kier molecular flexibility index (Phi) is 13.5. The van der Waals surface area contributed by atoms with Gasteiger partial charge in [-0.15, -0.1) is 0 Å². The zero-order valence-electron chi connectivity index (χ0n) is 36.0. The Balaban J connectivity index is 0.000000247. The van der Waals surface area contributed by atoms with Crippen molar-refractivity contribution in [3.8, 4) is 34.0 Å². The first-order chi connectivity index (χ1) is 29.8. The van der Waals surface area contributed by atoms with Crippen LogP contribution in [-0.2, 0) is 6.42 Å². The molecule has 0 N–H and O–H groups in total. The number of hydrogen-bond donors (Lipinski definition) is 0. The normalized spacial score (nSPS) is 11.9. The summed E-state index contributed by atoms with van der Waals surface area (Å²) in [5, 5.41) is 0. The number of benzene rings is 4. The number of aromatic nitrogens is 5. The molecule has 4 aromatic carbocycles. The minimum Gasteiger partial charge on any atom is -0.282 e. The second-order valence-electron chi connectivity index (χ2n) is 14.8. The number of fused-ring (bicyclic) bond motifs is 1. The van der Waals surface area contributed by atoms with E-state index in [1.54, 1.807) is 0 Å². The largest absolute Gasteiger partial charge is 0.282 e. The molecule has 0 aliphatic heterocycles. The number of aliphatic imine (C=N–C) groups is 1. The van der Waals surface area contributed by atoms with Crippen LogP contribution in [0.2, 0.25) is 0 Å². The van der Waals surface area contributed by atoms with Gasteiger partial charge in [0.2, 0.25) is 0 Å². The third-order valence-corrected chi connectivity index (χ3v) is 10.9. The Morgan fingerprint density at radius 1 is 0.639 bits per heavy atom. The van der Waals surface area contributed by atoms with Crippen molar-refractivity contribution in [3.63, 3.8) is 0 Å². The van der Waals surface area contributed by atoms with Crippen molar-refractivity contribution >= 4 is 39.8 Å². The molecular weight excluding hydrogens is 745 g/mol. The standard InChI is InChI=1S/C37H33N5.C18H19N/c1-5-15-29-30(6-2)38-24-42-36(28-18-11-8-12-19-28)35(41-37(29)42)34-23-14-22-33(40-34)32-21-13-20-31(39-32)26(4)25(3)27-16-9-7-10-17-27;1-4-14(2)17-12-8-9-13-18(17)19-15(3)16-10-6-5-7-11-16/h5,7-24H,6H2,1-4H3;5-13H,2,4H2,1,3H3/b15-5-,26-25-;. The molecule has 0 radical (unpaired) electrons. The van der Waals surface area contributed by atoms with Gasteiger partial charge < -0.3 is 0 Å². The number of aryl methyl sites for hydroxylation is 1. The number of para-hydroxylation sites is 1. The molecule has 0 atom stereocenters. The summed E-state index contributed by atoms with van der Waals surface area (Å²) in [5.74, 6) is 0. The highest BCUT2D eigenvalue weighted by Gasteiger charge is 2.21. The fourth-order valence-electron chi connectivity index (χ4n) is 7.31. The molecule has 8 rings (SSSR count). The van der Waals surface area contributed by atoms with Crippen molar-refractivity contribution in [2.45, 2.75) is 54.4 Å². The highest BCUT2D eigenvalue weighted by molar-refractivity contribution is 6.00. The molecule has 6 nitrogen and oxygen atoms in total. The summed E-state index contributed by atoms with van der Waals surface area (Å²) in [4.78, 5) is 24.9. The Labute approximate surface area is 360 Å². The fraction of sp³-hybridized carbons (Fsp3) is 0.145. The average molecular weight is 797 g/mol. The van der Waals surface area contributed by atoms with E-state index in [-0.39, 0.29) is 0 Å². The fourth-order valence-corrected chi connectivity index (χ4v) is 7.31. The van der Waals surface area contributed by atoms with Crippen molar-refractivity contribution in [1.29, 1.82) is 0 Å². The van der Waals surface area contributed by atoms with Crippen LogP contribution in [0.3, 0.4) is 0 Å². The molecule has 4 heterocycles. The predicted molar refractivity (Wildman–Crippen MR) is 258 cm³/mol. The van der Waals surface area contributed by atoms with Gasteiger partial charge >= 0.3 is 0 Å². The van der Waals surface area contributed by atoms with Crippen LogP contribution in [0.25, 0.3) is 62.5 Å². The van der Waals surface area contributed by atoms with Gasteiger partial charge in [-0.3, -0.25) is 9.39 Å². The van der Waals surface area contributed by atoms with E-state index in [0.29, 0.717) is 0 Å². The summed E-state index contributed by atoms with van der Waals surface area (Å²) in [6, 6.07) is 51.4. The van der Waals surface area contributed by atoms with Crippen LogP contribution < -0.4 is 0 Å². The number of hydrogen-bond acceptors (Lipinski definition) is 5. The van der Waals surface area contributed by atoms with Crippen LogP contribution >= 0.6 is 0 Å². The van der Waals surface area contributed by atoms with E-state index in [0.717, 1.165) is 103 Å². The van der Waals surface area contributed by atoms with Gasteiger partial charge in [0, 0.05) is 22.4 Å². The minimum absolute atomic E-state index is 0.791. The van der Waals surface area contributed by atoms with Crippen molar-refractivity contribution in [2.24, 2.45) is 4.99 Å². The first-order valence-electron chi connectivity index (χ1n) is 20.9. The third-order valence-electron chi connectivity index (χ3n) is 10.9. The number of allylic oxidation sites excluding steroid dienone is 4. The van der Waals surface area contributed by atoms with Gasteiger partial charge in [-0.1, -0.05) is 154 Å². The summed E-state index contributed by atoms with van der Waals surface area (Å²) in [6.45, 7) is 16.7. The lowest BCUT2D eigenvalue weighted by molar-refractivity contribution is 0.973. The van der Waals surface area contributed by atoms with E-state index in [1.165, 1.54) is 11.1 Å². The monoisotopic (exact) mass is 796 g/mol. The maximum Gasteiger partial charge on any atom is 0.148 e. The Hall–Kier alpha value is -7.31. The van der Waals surface area contributed by atoms with Crippen LogP contribution in [0.1, 0.15) is 81.6 Å². The summed E-state index contributed by atoms with van der Waals surface area (Å²) < 4.78 is 2.09. The molecular formula is C55H52N6. The van der Waals surface area contributed by atoms with Gasteiger partial charge in [-0.2, -0.15) is 0 Å². The average Bonchev–Trinajstić information content (AvgIpc) is 3.72. The lowest BCUT2D eigenvalue weighted by Crippen LogP contribution is -1.99. The van der Waals surface area contributed by atoms with Crippen LogP contribution in [0.15, 0.2) is 176 Å². The summed E-state index contributed by atoms with van der Waals surface area (Å²) in [6.07, 6.45) is 7.79. The van der Waals surface area contributed by atoms with Gasteiger partial charge in [0.1, 0.15) is 17.7 Å². The maximum atomic E-state index is 5.21. The summed E-state index contributed by atoms with van der Waals surface area (Å²) in [5.41, 5.74) is 18.1. The van der Waals surface area contributed by atoms with Crippen LogP contribution in [0, 0.1) is 0 Å². The smallest absolute Gasteiger partial charge is 0.148 e. The Morgan fingerprint density at radius 2 is 1.25 bits per heavy atom. The molecule has 0 amide bonds. The molecule has 0 aliphatic carbocycles. The second-order valence-corrected chi connectivity index (χ2v) is 14.8. The highest BCUT2D eigenvalue weighted by Crippen LogP contribution is 2.35. The predicted octanol–water partition coefficient (Wildman–Crippen LogP) is 14.3. The van der Waals surface area contributed by atoms with E-state index in [9.17, 15) is 0 Å². The number of pyridine rings is 2. The lowest BCUT2D eigenvalue weighted by Gasteiger charge is -2.10. The van der Waals surface area contributed by atoms with Crippen molar-refractivity contribution in [2.75, 3.05) is 0 Å². The zero-order valence-corrected chi connectivity index (χ0v) is 36.0. The van der Waals surface area contributed by atoms with Gasteiger partial charge in [-0.25, -0.2) is 19.9 Å². The van der Waals surface area contributed by atoms with Gasteiger partial charge in [0.25, 0.3) is 0 Å². The second kappa shape index (κ2) is 19.6. The van der Waals surface area contributed by atoms with E-state index in [2.05, 4.69) is 111 Å². The topological polar surface area (TPSA) is 68.3 Å². The molecule has 0 bridgehead atoms. The molecule has 0 fully saturated rings. The van der Waals surface area contributed by atoms with E-state index < -0.39 is 0 Å². The van der Waals surface area contributed by atoms with Gasteiger partial charge in [-0.05, 0) is 98.7 Å². The summed E-state index contributed by atoms with van der Waals surface area (Å²) in [7, 11) is 0. The van der Waals surface area contributed by atoms with E-state index in [1.807, 2.05) is 111 Å². The molecule has 0 spiro atoms. The Morgan fingerprint density at radius 3 is 1.92 bits per heavy atom. The third kappa shape index (κ3) is 9.45. The quantitative estimate of drug-likeness (QED) is 0.122. The first-order valence-corrected chi connectivity index (χ1v) is 20.9. The van der Waals surface area contributed by atoms with Crippen molar-refractivity contribution in [3.05, 3.63) is 204 Å². The molecule has 6 heteroatoms. The Bertz CT molecular complexity index is 2870. The van der Waals surface area contributed by atoms with Crippen LogP contribution in [0.5, 0.6) is 0 Å². The molecule has 302 valence electrons. The molecule has 4 aromatic heterocycles. The van der Waals surface area contributed by atoms with E-state index in [4.69, 9.17) is 24.9 Å². The first kappa shape index (κ1) is 41.8. The SMILES string of the molecule is C/C=C\c1c(CC)ncn2c(-c3ccccc3)c(-c3cccc(-c4cccc(/C(C)=C(/C)c5ccccc5)n4)n3)nc12.C=C(CC)c1ccccc1N=C(C)c1ccccc1. The number of imidazole rings is 1. The van der Waals surface area contributed by atoms with Crippen molar-refractivity contribution in [1.82, 2.24) is 24.3 Å². The number of nitrogens with zero attached hydrogens (tertiary/aromatic N) is 6. The van der Waals surface area contributed by atoms with Gasteiger partial charge in [0.15, 0.2) is 0 Å². The lowest BCUT2D eigenvalue weighted by atomic mass is 10.00. The molecule has 8 aromatic rings. The van der Waals surface area contributed by atoms with Crippen LogP contribution in [-0.4, -0.2) is 30.0 Å². The zero-order chi connectivity index (χ0) is 42.7. The van der Waals surface area contributed by atoms with Crippen LogP contribution in [0.4, 0.5) is 5.69 Å².